The van der Waals surface area contributed by atoms with Crippen molar-refractivity contribution in [2.24, 2.45) is 0 Å². The Balaban J connectivity index is 1.67. The molecule has 1 saturated heterocycles. The van der Waals surface area contributed by atoms with E-state index in [1.165, 1.54) is 0 Å². The number of halogens is 2. The molecule has 1 aromatic carbocycles. The van der Waals surface area contributed by atoms with Crippen LogP contribution >= 0.6 is 23.2 Å². The molecule has 1 atom stereocenters. The van der Waals surface area contributed by atoms with Crippen molar-refractivity contribution in [2.75, 3.05) is 25.0 Å². The fourth-order valence-electron chi connectivity index (χ4n) is 2.36. The molecule has 0 bridgehead atoms. The van der Waals surface area contributed by atoms with Gasteiger partial charge in [0.2, 0.25) is 0 Å². The van der Waals surface area contributed by atoms with Gasteiger partial charge in [-0.05, 0) is 24.6 Å². The van der Waals surface area contributed by atoms with Crippen LogP contribution in [0.1, 0.15) is 17.4 Å². The Kier molecular flexibility index (Phi) is 4.75. The zero-order chi connectivity index (χ0) is 16.4. The third-order valence-electron chi connectivity index (χ3n) is 3.53. The number of aromatic nitrogens is 1. The number of amides is 2. The fraction of sp³-hybridized carbons (Fsp3) is 0.333. The SMILES string of the molecule is Cc1cc(NC(=O)N2CCOC(c3ccc(Cl)c(Cl)c3)C2)no1. The number of rotatable bonds is 2. The van der Waals surface area contributed by atoms with Crippen molar-refractivity contribution in [2.45, 2.75) is 13.0 Å². The summed E-state index contributed by atoms with van der Waals surface area (Å²) in [4.78, 5) is 14.0. The number of urea groups is 1. The maximum atomic E-state index is 12.3. The predicted octanol–water partition coefficient (Wildman–Crippen LogP) is 3.90. The van der Waals surface area contributed by atoms with E-state index in [2.05, 4.69) is 10.5 Å². The highest BCUT2D eigenvalue weighted by atomic mass is 35.5. The Morgan fingerprint density at radius 1 is 1.35 bits per heavy atom. The van der Waals surface area contributed by atoms with E-state index in [9.17, 15) is 4.79 Å². The highest BCUT2D eigenvalue weighted by Crippen LogP contribution is 2.29. The molecule has 1 N–H and O–H groups in total. The molecule has 2 amide bonds. The van der Waals surface area contributed by atoms with E-state index in [1.807, 2.05) is 6.07 Å². The van der Waals surface area contributed by atoms with Gasteiger partial charge in [-0.3, -0.25) is 5.32 Å². The molecule has 8 heteroatoms. The van der Waals surface area contributed by atoms with E-state index in [-0.39, 0.29) is 12.1 Å². The zero-order valence-electron chi connectivity index (χ0n) is 12.4. The minimum absolute atomic E-state index is 0.244. The second-order valence-electron chi connectivity index (χ2n) is 5.23. The lowest BCUT2D eigenvalue weighted by Crippen LogP contribution is -2.44. The second kappa shape index (κ2) is 6.78. The average molecular weight is 356 g/mol. The molecule has 0 saturated carbocycles. The summed E-state index contributed by atoms with van der Waals surface area (Å²) in [6, 6.07) is 6.75. The Morgan fingerprint density at radius 3 is 2.87 bits per heavy atom. The Bertz CT molecular complexity index is 720. The van der Waals surface area contributed by atoms with Crippen molar-refractivity contribution < 1.29 is 14.1 Å². The van der Waals surface area contributed by atoms with E-state index in [0.717, 1.165) is 5.56 Å². The van der Waals surface area contributed by atoms with E-state index in [4.69, 9.17) is 32.5 Å². The van der Waals surface area contributed by atoms with Gasteiger partial charge in [0.25, 0.3) is 0 Å². The number of nitrogens with zero attached hydrogens (tertiary/aromatic N) is 2. The Hall–Kier alpha value is -1.76. The number of ether oxygens (including phenoxy) is 1. The fourth-order valence-corrected chi connectivity index (χ4v) is 2.67. The number of hydrogen-bond acceptors (Lipinski definition) is 4. The average Bonchev–Trinajstić information content (AvgIpc) is 2.95. The van der Waals surface area contributed by atoms with E-state index in [0.29, 0.717) is 41.3 Å². The molecule has 0 radical (unpaired) electrons. The summed E-state index contributed by atoms with van der Waals surface area (Å²) in [5, 5.41) is 7.41. The number of benzene rings is 1. The number of morpholine rings is 1. The highest BCUT2D eigenvalue weighted by molar-refractivity contribution is 6.42. The van der Waals surface area contributed by atoms with Crippen LogP contribution < -0.4 is 5.32 Å². The van der Waals surface area contributed by atoms with Crippen molar-refractivity contribution >= 4 is 35.1 Å². The van der Waals surface area contributed by atoms with Crippen LogP contribution in [0.4, 0.5) is 10.6 Å². The molecule has 0 spiro atoms. The van der Waals surface area contributed by atoms with Crippen molar-refractivity contribution in [1.29, 1.82) is 0 Å². The van der Waals surface area contributed by atoms with Crippen LogP contribution in [0.5, 0.6) is 0 Å². The minimum atomic E-state index is -0.247. The van der Waals surface area contributed by atoms with Gasteiger partial charge in [-0.1, -0.05) is 34.4 Å². The maximum Gasteiger partial charge on any atom is 0.323 e. The van der Waals surface area contributed by atoms with E-state index in [1.54, 1.807) is 30.0 Å². The second-order valence-corrected chi connectivity index (χ2v) is 6.05. The predicted molar refractivity (Wildman–Crippen MR) is 87.0 cm³/mol. The van der Waals surface area contributed by atoms with Crippen LogP contribution in [0.3, 0.4) is 0 Å². The number of anilines is 1. The lowest BCUT2D eigenvalue weighted by molar-refractivity contribution is -0.0135. The molecule has 1 fully saturated rings. The quantitative estimate of drug-likeness (QED) is 0.886. The third-order valence-corrected chi connectivity index (χ3v) is 4.27. The number of carbonyl (C=O) groups excluding carboxylic acids is 1. The highest BCUT2D eigenvalue weighted by Gasteiger charge is 2.26. The normalized spacial score (nSPS) is 18.0. The molecule has 2 heterocycles. The molecule has 1 aromatic heterocycles. The lowest BCUT2D eigenvalue weighted by Gasteiger charge is -2.33. The molecule has 1 aliphatic rings. The largest absolute Gasteiger partial charge is 0.370 e. The Morgan fingerprint density at radius 2 is 2.17 bits per heavy atom. The van der Waals surface area contributed by atoms with Gasteiger partial charge in [0.15, 0.2) is 5.82 Å². The molecule has 23 heavy (non-hydrogen) atoms. The van der Waals surface area contributed by atoms with Crippen LogP contribution in [0.2, 0.25) is 10.0 Å². The van der Waals surface area contributed by atoms with Gasteiger partial charge >= 0.3 is 6.03 Å². The number of carbonyl (C=O) groups is 1. The zero-order valence-corrected chi connectivity index (χ0v) is 13.9. The van der Waals surface area contributed by atoms with Gasteiger partial charge in [-0.25, -0.2) is 4.79 Å². The van der Waals surface area contributed by atoms with Gasteiger partial charge in [0.1, 0.15) is 11.9 Å². The molecule has 122 valence electrons. The summed E-state index contributed by atoms with van der Waals surface area (Å²) in [6.07, 6.45) is -0.247. The minimum Gasteiger partial charge on any atom is -0.370 e. The van der Waals surface area contributed by atoms with Gasteiger partial charge in [-0.15, -0.1) is 0 Å². The van der Waals surface area contributed by atoms with Crippen LogP contribution in [0.15, 0.2) is 28.8 Å². The number of nitrogens with one attached hydrogen (secondary N) is 1. The first-order valence-electron chi connectivity index (χ1n) is 7.09. The summed E-state index contributed by atoms with van der Waals surface area (Å²) >= 11 is 12.0. The summed E-state index contributed by atoms with van der Waals surface area (Å²) < 4.78 is 10.7. The van der Waals surface area contributed by atoms with E-state index < -0.39 is 0 Å². The van der Waals surface area contributed by atoms with Gasteiger partial charge in [0.05, 0.1) is 23.2 Å². The molecule has 3 rings (SSSR count). The lowest BCUT2D eigenvalue weighted by atomic mass is 10.1. The first kappa shape index (κ1) is 16.1. The molecular formula is C15H15Cl2N3O3. The monoisotopic (exact) mass is 355 g/mol. The summed E-state index contributed by atoms with van der Waals surface area (Å²) in [6.45, 7) is 3.12. The molecular weight excluding hydrogens is 341 g/mol. The van der Waals surface area contributed by atoms with Crippen molar-refractivity contribution in [1.82, 2.24) is 10.1 Å². The molecule has 6 nitrogen and oxygen atoms in total. The smallest absolute Gasteiger partial charge is 0.323 e. The first-order chi connectivity index (χ1) is 11.0. The van der Waals surface area contributed by atoms with Crippen molar-refractivity contribution in [3.63, 3.8) is 0 Å². The van der Waals surface area contributed by atoms with Crippen LogP contribution in [-0.4, -0.2) is 35.8 Å². The number of aryl methyl sites for hydroxylation is 1. The molecule has 1 aliphatic heterocycles. The third kappa shape index (κ3) is 3.77. The van der Waals surface area contributed by atoms with Crippen LogP contribution in [-0.2, 0) is 4.74 Å². The van der Waals surface area contributed by atoms with E-state index >= 15 is 0 Å². The summed E-state index contributed by atoms with van der Waals surface area (Å²) in [5.74, 6) is 1.03. The summed E-state index contributed by atoms with van der Waals surface area (Å²) in [5.41, 5.74) is 0.884. The first-order valence-corrected chi connectivity index (χ1v) is 7.84. The molecule has 2 aromatic rings. The topological polar surface area (TPSA) is 67.6 Å². The van der Waals surface area contributed by atoms with Gasteiger partial charge < -0.3 is 14.2 Å². The van der Waals surface area contributed by atoms with Gasteiger partial charge in [0, 0.05) is 12.6 Å². The van der Waals surface area contributed by atoms with Crippen LogP contribution in [0, 0.1) is 6.92 Å². The summed E-state index contributed by atoms with van der Waals surface area (Å²) in [7, 11) is 0. The maximum absolute atomic E-state index is 12.3. The van der Waals surface area contributed by atoms with Crippen LogP contribution in [0.25, 0.3) is 0 Å². The standard InChI is InChI=1S/C15H15Cl2N3O3/c1-9-6-14(19-23-9)18-15(21)20-4-5-22-13(8-20)10-2-3-11(16)12(17)7-10/h2-3,6-7,13H,4-5,8H2,1H3,(H,18,19,21). The molecule has 0 aliphatic carbocycles. The number of hydrogen-bond donors (Lipinski definition) is 1. The molecule has 1 unspecified atom stereocenters. The van der Waals surface area contributed by atoms with Crippen molar-refractivity contribution in [3.05, 3.63) is 45.6 Å². The van der Waals surface area contributed by atoms with Crippen molar-refractivity contribution in [3.8, 4) is 0 Å². The van der Waals surface area contributed by atoms with Gasteiger partial charge in [-0.2, -0.15) is 0 Å². The Labute approximate surface area is 143 Å².